The van der Waals surface area contributed by atoms with Gasteiger partial charge in [-0.3, -0.25) is 0 Å². The maximum Gasteiger partial charge on any atom is 0.131 e. The molecule has 4 heteroatoms. The van der Waals surface area contributed by atoms with Crippen LogP contribution >= 0.6 is 0 Å². The third-order valence-electron chi connectivity index (χ3n) is 2.30. The van der Waals surface area contributed by atoms with E-state index in [1.54, 1.807) is 14.0 Å². The molecule has 0 heterocycles. The average molecular weight is 215 g/mol. The van der Waals surface area contributed by atoms with Crippen molar-refractivity contribution in [3.8, 4) is 0 Å². The van der Waals surface area contributed by atoms with Gasteiger partial charge in [0, 0.05) is 18.2 Å². The van der Waals surface area contributed by atoms with Crippen LogP contribution < -0.4 is 5.32 Å². The van der Waals surface area contributed by atoms with Gasteiger partial charge in [0.1, 0.15) is 11.6 Å². The van der Waals surface area contributed by atoms with Crippen LogP contribution in [0.1, 0.15) is 24.2 Å². The summed E-state index contributed by atoms with van der Waals surface area (Å²) < 4.78 is 26.5. The number of benzene rings is 1. The second kappa shape index (κ2) is 5.19. The quantitative estimate of drug-likeness (QED) is 0.802. The Balaban J connectivity index is 3.06. The summed E-state index contributed by atoms with van der Waals surface area (Å²) in [6.45, 7) is 2.02. The number of halogens is 2. The molecule has 15 heavy (non-hydrogen) atoms. The Morgan fingerprint density at radius 1 is 1.33 bits per heavy atom. The minimum atomic E-state index is -0.944. The van der Waals surface area contributed by atoms with Gasteiger partial charge in [0.2, 0.25) is 0 Å². The van der Waals surface area contributed by atoms with Gasteiger partial charge in [-0.2, -0.15) is 0 Å². The topological polar surface area (TPSA) is 32.3 Å². The van der Waals surface area contributed by atoms with Crippen LogP contribution in [0.15, 0.2) is 12.1 Å². The monoisotopic (exact) mass is 215 g/mol. The molecule has 2 nitrogen and oxygen atoms in total. The van der Waals surface area contributed by atoms with Gasteiger partial charge in [0.05, 0.1) is 6.10 Å². The number of aliphatic hydroxyl groups is 1. The molecule has 0 bridgehead atoms. The van der Waals surface area contributed by atoms with E-state index in [-0.39, 0.29) is 12.1 Å². The number of hydrogen-bond acceptors (Lipinski definition) is 2. The average Bonchev–Trinajstić information content (AvgIpc) is 2.18. The fraction of sp³-hybridized carbons (Fsp3) is 0.455. The molecule has 1 unspecified atom stereocenters. The summed E-state index contributed by atoms with van der Waals surface area (Å²) in [4.78, 5) is 0. The van der Waals surface area contributed by atoms with E-state index < -0.39 is 17.7 Å². The van der Waals surface area contributed by atoms with Gasteiger partial charge in [0.15, 0.2) is 0 Å². The van der Waals surface area contributed by atoms with Crippen LogP contribution in [0.4, 0.5) is 8.78 Å². The minimum Gasteiger partial charge on any atom is -0.387 e. The molecule has 1 aromatic carbocycles. The molecule has 0 aliphatic heterocycles. The largest absolute Gasteiger partial charge is 0.387 e. The van der Waals surface area contributed by atoms with E-state index in [0.717, 1.165) is 6.07 Å². The lowest BCUT2D eigenvalue weighted by atomic mass is 10.0. The molecule has 0 spiro atoms. The molecule has 1 atom stereocenters. The van der Waals surface area contributed by atoms with Gasteiger partial charge in [0.25, 0.3) is 0 Å². The summed E-state index contributed by atoms with van der Waals surface area (Å²) >= 11 is 0. The van der Waals surface area contributed by atoms with Crippen LogP contribution in [0.5, 0.6) is 0 Å². The first-order valence-corrected chi connectivity index (χ1v) is 4.90. The second-order valence-corrected chi connectivity index (χ2v) is 3.39. The molecule has 1 aromatic rings. The fourth-order valence-electron chi connectivity index (χ4n) is 1.44. The van der Waals surface area contributed by atoms with E-state index in [1.807, 2.05) is 0 Å². The summed E-state index contributed by atoms with van der Waals surface area (Å²) in [5.41, 5.74) is 0.559. The predicted molar refractivity (Wildman–Crippen MR) is 54.6 cm³/mol. The molecule has 84 valence electrons. The Bertz CT molecular complexity index is 342. The van der Waals surface area contributed by atoms with Crippen molar-refractivity contribution in [2.24, 2.45) is 0 Å². The molecular formula is C11H15F2NO. The van der Waals surface area contributed by atoms with Gasteiger partial charge < -0.3 is 10.4 Å². The van der Waals surface area contributed by atoms with Crippen molar-refractivity contribution >= 4 is 0 Å². The lowest BCUT2D eigenvalue weighted by Gasteiger charge is -2.13. The maximum atomic E-state index is 13.3. The van der Waals surface area contributed by atoms with E-state index in [0.29, 0.717) is 12.0 Å². The molecule has 0 fully saturated rings. The predicted octanol–water partition coefficient (Wildman–Crippen LogP) is 1.78. The van der Waals surface area contributed by atoms with Crippen LogP contribution in [0.2, 0.25) is 0 Å². The molecule has 1 rings (SSSR count). The summed E-state index contributed by atoms with van der Waals surface area (Å²) in [6, 6.07) is 2.21. The van der Waals surface area contributed by atoms with Gasteiger partial charge >= 0.3 is 0 Å². The van der Waals surface area contributed by atoms with Crippen molar-refractivity contribution in [2.75, 3.05) is 13.6 Å². The summed E-state index contributed by atoms with van der Waals surface area (Å²) in [7, 11) is 1.66. The van der Waals surface area contributed by atoms with E-state index in [1.165, 1.54) is 6.07 Å². The van der Waals surface area contributed by atoms with E-state index in [9.17, 15) is 13.9 Å². The zero-order valence-corrected chi connectivity index (χ0v) is 8.85. The summed E-state index contributed by atoms with van der Waals surface area (Å²) in [5.74, 6) is -1.26. The number of nitrogens with one attached hydrogen (secondary N) is 1. The SMILES string of the molecule is CCc1cc(C(O)CNC)c(F)cc1F. The summed E-state index contributed by atoms with van der Waals surface area (Å²) in [6.07, 6.45) is -0.466. The molecule has 2 N–H and O–H groups in total. The Hall–Kier alpha value is -1.00. The molecule has 0 saturated heterocycles. The first-order valence-electron chi connectivity index (χ1n) is 4.90. The van der Waals surface area contributed by atoms with Crippen molar-refractivity contribution in [3.05, 3.63) is 34.9 Å². The zero-order chi connectivity index (χ0) is 11.4. The highest BCUT2D eigenvalue weighted by Crippen LogP contribution is 2.21. The standard InChI is InChI=1S/C11H15F2NO/c1-3-7-4-8(11(15)6-14-2)10(13)5-9(7)12/h4-5,11,14-15H,3,6H2,1-2H3. The first kappa shape index (κ1) is 12.1. The zero-order valence-electron chi connectivity index (χ0n) is 8.85. The highest BCUT2D eigenvalue weighted by molar-refractivity contribution is 5.28. The molecular weight excluding hydrogens is 200 g/mol. The Morgan fingerprint density at radius 2 is 2.00 bits per heavy atom. The van der Waals surface area contributed by atoms with Gasteiger partial charge in [-0.15, -0.1) is 0 Å². The Kier molecular flexibility index (Phi) is 4.17. The van der Waals surface area contributed by atoms with Crippen molar-refractivity contribution < 1.29 is 13.9 Å². The van der Waals surface area contributed by atoms with Gasteiger partial charge in [-0.1, -0.05) is 6.92 Å². The Labute approximate surface area is 87.9 Å². The molecule has 0 aromatic heterocycles. The second-order valence-electron chi connectivity index (χ2n) is 3.39. The van der Waals surface area contributed by atoms with Crippen LogP contribution in [-0.4, -0.2) is 18.7 Å². The number of aryl methyl sites for hydroxylation is 1. The molecule has 0 aliphatic carbocycles. The van der Waals surface area contributed by atoms with Crippen molar-refractivity contribution in [1.82, 2.24) is 5.32 Å². The number of aliphatic hydroxyl groups excluding tert-OH is 1. The lowest BCUT2D eigenvalue weighted by molar-refractivity contribution is 0.172. The van der Waals surface area contributed by atoms with Crippen molar-refractivity contribution in [1.29, 1.82) is 0 Å². The smallest absolute Gasteiger partial charge is 0.131 e. The highest BCUT2D eigenvalue weighted by Gasteiger charge is 2.15. The molecule has 0 saturated carbocycles. The van der Waals surface area contributed by atoms with Crippen molar-refractivity contribution in [2.45, 2.75) is 19.4 Å². The van der Waals surface area contributed by atoms with Gasteiger partial charge in [-0.25, -0.2) is 8.78 Å². The first-order chi connectivity index (χ1) is 7.10. The third-order valence-corrected chi connectivity index (χ3v) is 2.30. The van der Waals surface area contributed by atoms with E-state index in [2.05, 4.69) is 5.32 Å². The number of hydrogen-bond donors (Lipinski definition) is 2. The maximum absolute atomic E-state index is 13.3. The number of rotatable bonds is 4. The van der Waals surface area contributed by atoms with Crippen LogP contribution in [-0.2, 0) is 6.42 Å². The van der Waals surface area contributed by atoms with Crippen LogP contribution in [0.3, 0.4) is 0 Å². The fourth-order valence-corrected chi connectivity index (χ4v) is 1.44. The van der Waals surface area contributed by atoms with Crippen LogP contribution in [0, 0.1) is 11.6 Å². The summed E-state index contributed by atoms with van der Waals surface area (Å²) in [5, 5.41) is 12.3. The van der Waals surface area contributed by atoms with Crippen LogP contribution in [0.25, 0.3) is 0 Å². The lowest BCUT2D eigenvalue weighted by Crippen LogP contribution is -2.18. The minimum absolute atomic E-state index is 0.141. The van der Waals surface area contributed by atoms with Gasteiger partial charge in [-0.05, 0) is 25.1 Å². The highest BCUT2D eigenvalue weighted by atomic mass is 19.1. The molecule has 0 radical (unpaired) electrons. The Morgan fingerprint density at radius 3 is 2.53 bits per heavy atom. The van der Waals surface area contributed by atoms with E-state index in [4.69, 9.17) is 0 Å². The molecule has 0 amide bonds. The normalized spacial score (nSPS) is 12.9. The van der Waals surface area contributed by atoms with Crippen molar-refractivity contribution in [3.63, 3.8) is 0 Å². The molecule has 0 aliphatic rings. The third kappa shape index (κ3) is 2.73. The number of likely N-dealkylation sites (N-methyl/N-ethyl adjacent to an activating group) is 1. The van der Waals surface area contributed by atoms with E-state index >= 15 is 0 Å².